The fraction of sp³-hybridized carbons (Fsp3) is 0.0769. The molecule has 21 heavy (non-hydrogen) atoms. The van der Waals surface area contributed by atoms with Crippen LogP contribution in [0.25, 0.3) is 0 Å². The predicted molar refractivity (Wildman–Crippen MR) is 74.6 cm³/mol. The van der Waals surface area contributed by atoms with Crippen LogP contribution in [0.1, 0.15) is 15.9 Å². The number of halogens is 3. The minimum Gasteiger partial charge on any atom is -0.348 e. The third-order valence-corrected chi connectivity index (χ3v) is 2.84. The number of benzene rings is 1. The minimum absolute atomic E-state index is 0.0423. The number of nitrogens with one attached hydrogen (secondary N) is 2. The number of rotatable bonds is 4. The molecule has 1 aromatic carbocycles. The Hall–Kier alpha value is -2.25. The van der Waals surface area contributed by atoms with Crippen LogP contribution in [-0.2, 0) is 6.54 Å². The van der Waals surface area contributed by atoms with Gasteiger partial charge in [0.2, 0.25) is 0 Å². The molecule has 0 atom stereocenters. The van der Waals surface area contributed by atoms with Crippen molar-refractivity contribution in [3.05, 3.63) is 58.2 Å². The largest absolute Gasteiger partial charge is 0.348 e. The van der Waals surface area contributed by atoms with Gasteiger partial charge in [0.1, 0.15) is 22.6 Å². The van der Waals surface area contributed by atoms with Gasteiger partial charge in [-0.25, -0.2) is 19.6 Å². The maximum Gasteiger partial charge on any atom is 0.251 e. The lowest BCUT2D eigenvalue weighted by Gasteiger charge is -2.08. The van der Waals surface area contributed by atoms with E-state index in [0.29, 0.717) is 0 Å². The number of amides is 1. The zero-order valence-electron chi connectivity index (χ0n) is 10.7. The molecule has 0 fully saturated rings. The molecule has 110 valence electrons. The zero-order valence-corrected chi connectivity index (χ0v) is 11.4. The second kappa shape index (κ2) is 6.47. The Kier molecular flexibility index (Phi) is 4.66. The Morgan fingerprint density at radius 2 is 2.05 bits per heavy atom. The number of anilines is 1. The number of carbonyl (C=O) groups is 1. The molecule has 0 saturated carbocycles. The first kappa shape index (κ1) is 15.1. The molecule has 0 unspecified atom stereocenters. The second-order valence-electron chi connectivity index (χ2n) is 4.13. The highest BCUT2D eigenvalue weighted by molar-refractivity contribution is 6.29. The van der Waals surface area contributed by atoms with Crippen molar-refractivity contribution in [2.24, 2.45) is 5.84 Å². The summed E-state index contributed by atoms with van der Waals surface area (Å²) in [7, 11) is 0. The van der Waals surface area contributed by atoms with Crippen molar-refractivity contribution in [2.75, 3.05) is 5.43 Å². The molecule has 0 aliphatic carbocycles. The Balaban J connectivity index is 2.11. The topological polar surface area (TPSA) is 80.0 Å². The van der Waals surface area contributed by atoms with E-state index in [0.717, 1.165) is 18.2 Å². The van der Waals surface area contributed by atoms with Crippen molar-refractivity contribution in [1.29, 1.82) is 0 Å². The van der Waals surface area contributed by atoms with Crippen LogP contribution in [0.3, 0.4) is 0 Å². The van der Waals surface area contributed by atoms with Crippen LogP contribution in [0.2, 0.25) is 5.15 Å². The number of nitrogen functional groups attached to an aromatic ring is 1. The summed E-state index contributed by atoms with van der Waals surface area (Å²) in [5.74, 6) is 3.71. The molecule has 1 amide bonds. The summed E-state index contributed by atoms with van der Waals surface area (Å²) in [4.78, 5) is 15.8. The lowest BCUT2D eigenvalue weighted by Crippen LogP contribution is -2.24. The van der Waals surface area contributed by atoms with E-state index in [2.05, 4.69) is 15.7 Å². The summed E-state index contributed by atoms with van der Waals surface area (Å²) < 4.78 is 26.4. The summed E-state index contributed by atoms with van der Waals surface area (Å²) in [6.07, 6.45) is 0. The molecule has 0 aliphatic rings. The van der Waals surface area contributed by atoms with E-state index in [1.807, 2.05) is 0 Å². The van der Waals surface area contributed by atoms with Gasteiger partial charge in [-0.15, -0.1) is 0 Å². The Labute approximate surface area is 124 Å². The molecule has 8 heteroatoms. The van der Waals surface area contributed by atoms with Gasteiger partial charge in [0.15, 0.2) is 0 Å². The van der Waals surface area contributed by atoms with E-state index in [4.69, 9.17) is 17.4 Å². The first-order valence-electron chi connectivity index (χ1n) is 5.86. The summed E-state index contributed by atoms with van der Waals surface area (Å²) in [5, 5.41) is 2.54. The number of nitrogens with zero attached hydrogens (tertiary/aromatic N) is 1. The van der Waals surface area contributed by atoms with E-state index in [1.165, 1.54) is 12.1 Å². The molecule has 1 heterocycles. The van der Waals surface area contributed by atoms with Crippen LogP contribution in [0.5, 0.6) is 0 Å². The molecule has 4 N–H and O–H groups in total. The smallest absolute Gasteiger partial charge is 0.251 e. The van der Waals surface area contributed by atoms with Crippen LogP contribution >= 0.6 is 11.6 Å². The Bertz CT molecular complexity index is 681. The molecule has 0 saturated heterocycles. The third-order valence-electron chi connectivity index (χ3n) is 2.65. The fourth-order valence-corrected chi connectivity index (χ4v) is 1.87. The van der Waals surface area contributed by atoms with E-state index in [-0.39, 0.29) is 28.6 Å². The minimum atomic E-state index is -0.603. The second-order valence-corrected chi connectivity index (χ2v) is 4.51. The summed E-state index contributed by atoms with van der Waals surface area (Å²) in [6.45, 7) is -0.159. The zero-order chi connectivity index (χ0) is 15.4. The van der Waals surface area contributed by atoms with Gasteiger partial charge in [-0.05, 0) is 30.3 Å². The van der Waals surface area contributed by atoms with Gasteiger partial charge in [0, 0.05) is 17.7 Å². The van der Waals surface area contributed by atoms with Gasteiger partial charge in [-0.3, -0.25) is 4.79 Å². The fourth-order valence-electron chi connectivity index (χ4n) is 1.66. The summed E-state index contributed by atoms with van der Waals surface area (Å²) in [6, 6.07) is 5.73. The quantitative estimate of drug-likeness (QED) is 0.459. The Morgan fingerprint density at radius 1 is 1.29 bits per heavy atom. The molecular weight excluding hydrogens is 302 g/mol. The number of hydrogen-bond acceptors (Lipinski definition) is 4. The average molecular weight is 313 g/mol. The average Bonchev–Trinajstić information content (AvgIpc) is 2.47. The number of hydrazine groups is 1. The number of pyridine rings is 1. The predicted octanol–water partition coefficient (Wildman–Crippen LogP) is 2.23. The molecule has 0 bridgehead atoms. The highest BCUT2D eigenvalue weighted by Crippen LogP contribution is 2.14. The van der Waals surface area contributed by atoms with Gasteiger partial charge in [-0.1, -0.05) is 11.6 Å². The van der Waals surface area contributed by atoms with Gasteiger partial charge in [-0.2, -0.15) is 0 Å². The molecule has 2 rings (SSSR count). The number of nitrogens with two attached hydrogens (primary N) is 1. The van der Waals surface area contributed by atoms with Crippen LogP contribution in [0, 0.1) is 11.6 Å². The van der Waals surface area contributed by atoms with Gasteiger partial charge in [0.05, 0.1) is 0 Å². The van der Waals surface area contributed by atoms with Crippen molar-refractivity contribution >= 4 is 23.3 Å². The van der Waals surface area contributed by atoms with Gasteiger partial charge in [0.25, 0.3) is 5.91 Å². The van der Waals surface area contributed by atoms with Crippen molar-refractivity contribution in [2.45, 2.75) is 6.54 Å². The first-order valence-corrected chi connectivity index (χ1v) is 6.23. The maximum atomic E-state index is 13.4. The molecular formula is C13H11ClF2N4O. The number of aromatic nitrogens is 1. The number of carbonyl (C=O) groups excluding carboxylic acids is 1. The van der Waals surface area contributed by atoms with Crippen molar-refractivity contribution in [1.82, 2.24) is 10.3 Å². The van der Waals surface area contributed by atoms with Crippen LogP contribution in [-0.4, -0.2) is 10.9 Å². The lowest BCUT2D eigenvalue weighted by atomic mass is 10.2. The molecule has 0 aliphatic heterocycles. The first-order chi connectivity index (χ1) is 9.99. The lowest BCUT2D eigenvalue weighted by molar-refractivity contribution is 0.0950. The number of hydrogen-bond donors (Lipinski definition) is 3. The van der Waals surface area contributed by atoms with Crippen molar-refractivity contribution < 1.29 is 13.6 Å². The van der Waals surface area contributed by atoms with E-state index < -0.39 is 17.5 Å². The Morgan fingerprint density at radius 3 is 2.76 bits per heavy atom. The van der Waals surface area contributed by atoms with Crippen LogP contribution in [0.4, 0.5) is 14.6 Å². The monoisotopic (exact) mass is 312 g/mol. The molecule has 0 spiro atoms. The molecule has 5 nitrogen and oxygen atoms in total. The van der Waals surface area contributed by atoms with Crippen molar-refractivity contribution in [3.8, 4) is 0 Å². The SMILES string of the molecule is NNc1cc(C(=O)NCc2cc(F)ccc2F)cc(Cl)n1. The molecule has 2 aromatic rings. The summed E-state index contributed by atoms with van der Waals surface area (Å²) >= 11 is 5.74. The molecule has 0 radical (unpaired) electrons. The highest BCUT2D eigenvalue weighted by Gasteiger charge is 2.10. The van der Waals surface area contributed by atoms with E-state index in [9.17, 15) is 13.6 Å². The van der Waals surface area contributed by atoms with Crippen LogP contribution < -0.4 is 16.6 Å². The maximum absolute atomic E-state index is 13.4. The van der Waals surface area contributed by atoms with Gasteiger partial charge < -0.3 is 10.7 Å². The van der Waals surface area contributed by atoms with Crippen molar-refractivity contribution in [3.63, 3.8) is 0 Å². The summed E-state index contributed by atoms with van der Waals surface area (Å²) in [5.41, 5.74) is 2.50. The van der Waals surface area contributed by atoms with Gasteiger partial charge >= 0.3 is 0 Å². The van der Waals surface area contributed by atoms with Crippen LogP contribution in [0.15, 0.2) is 30.3 Å². The van der Waals surface area contributed by atoms with E-state index in [1.54, 1.807) is 0 Å². The molecule has 1 aromatic heterocycles. The standard InChI is InChI=1S/C13H11ClF2N4O/c14-11-4-7(5-12(19-11)20-17)13(21)18-6-8-3-9(15)1-2-10(8)16/h1-5H,6,17H2,(H,18,21)(H,19,20). The highest BCUT2D eigenvalue weighted by atomic mass is 35.5. The normalized spacial score (nSPS) is 10.3. The third kappa shape index (κ3) is 3.87. The van der Waals surface area contributed by atoms with E-state index >= 15 is 0 Å².